The summed E-state index contributed by atoms with van der Waals surface area (Å²) in [6, 6.07) is 19.2. The number of hydrogen-bond donors (Lipinski definition) is 1. The molecule has 0 aromatic heterocycles. The Kier molecular flexibility index (Phi) is 5.65. The van der Waals surface area contributed by atoms with Crippen molar-refractivity contribution in [2.24, 2.45) is 0 Å². The van der Waals surface area contributed by atoms with Gasteiger partial charge in [-0.15, -0.1) is 0 Å². The summed E-state index contributed by atoms with van der Waals surface area (Å²) in [5.74, 6) is 1.26. The second-order valence-electron chi connectivity index (χ2n) is 6.80. The lowest BCUT2D eigenvalue weighted by atomic mass is 10.0. The van der Waals surface area contributed by atoms with Crippen LogP contribution in [0.2, 0.25) is 0 Å². The summed E-state index contributed by atoms with van der Waals surface area (Å²) in [5.41, 5.74) is 1.63. The van der Waals surface area contributed by atoms with Crippen molar-refractivity contribution >= 4 is 16.7 Å². The molecule has 3 rings (SSSR count). The van der Waals surface area contributed by atoms with Gasteiger partial charge in [-0.3, -0.25) is 4.79 Å². The van der Waals surface area contributed by atoms with E-state index in [0.717, 1.165) is 16.3 Å². The maximum Gasteiger partial charge on any atom is 0.252 e. The van der Waals surface area contributed by atoms with Crippen molar-refractivity contribution in [2.45, 2.75) is 32.9 Å². The number of fused-ring (bicyclic) bond motifs is 1. The molecule has 1 amide bonds. The maximum absolute atomic E-state index is 12.8. The Labute approximate surface area is 160 Å². The summed E-state index contributed by atoms with van der Waals surface area (Å²) in [6.45, 7) is 5.90. The fourth-order valence-corrected chi connectivity index (χ4v) is 3.09. The topological polar surface area (TPSA) is 47.6 Å². The van der Waals surface area contributed by atoms with Crippen molar-refractivity contribution in [1.82, 2.24) is 5.32 Å². The predicted molar refractivity (Wildman–Crippen MR) is 109 cm³/mol. The number of hydrogen-bond acceptors (Lipinski definition) is 3. The Balaban J connectivity index is 1.82. The monoisotopic (exact) mass is 363 g/mol. The zero-order valence-electron chi connectivity index (χ0n) is 16.2. The number of nitrogens with one attached hydrogen (secondary N) is 1. The van der Waals surface area contributed by atoms with Gasteiger partial charge in [-0.05, 0) is 55.3 Å². The largest absolute Gasteiger partial charge is 0.493 e. The van der Waals surface area contributed by atoms with Crippen molar-refractivity contribution in [1.29, 1.82) is 0 Å². The molecule has 140 valence electrons. The van der Waals surface area contributed by atoms with Gasteiger partial charge in [0, 0.05) is 5.56 Å². The molecule has 0 bridgehead atoms. The van der Waals surface area contributed by atoms with Crippen molar-refractivity contribution in [3.8, 4) is 11.5 Å². The van der Waals surface area contributed by atoms with Crippen molar-refractivity contribution in [3.05, 3.63) is 71.8 Å². The summed E-state index contributed by atoms with van der Waals surface area (Å²) in [5, 5.41) is 5.08. The molecule has 0 aliphatic heterocycles. The summed E-state index contributed by atoms with van der Waals surface area (Å²) in [4.78, 5) is 12.8. The van der Waals surface area contributed by atoms with E-state index in [0.29, 0.717) is 17.1 Å². The first-order valence-electron chi connectivity index (χ1n) is 9.13. The number of ether oxygens (including phenoxy) is 2. The van der Waals surface area contributed by atoms with E-state index in [1.54, 1.807) is 7.11 Å². The minimum Gasteiger partial charge on any atom is -0.493 e. The smallest absolute Gasteiger partial charge is 0.252 e. The zero-order valence-corrected chi connectivity index (χ0v) is 16.2. The SMILES string of the molecule is COc1cc(C(C)NC(=O)c2cccc3ccccc23)ccc1OC(C)C. The highest BCUT2D eigenvalue weighted by atomic mass is 16.5. The molecule has 0 fully saturated rings. The van der Waals surface area contributed by atoms with Crippen LogP contribution in [0.4, 0.5) is 0 Å². The van der Waals surface area contributed by atoms with Crippen molar-refractivity contribution < 1.29 is 14.3 Å². The number of rotatable bonds is 6. The predicted octanol–water partition coefficient (Wildman–Crippen LogP) is 5.13. The Hall–Kier alpha value is -3.01. The number of benzene rings is 3. The second kappa shape index (κ2) is 8.12. The second-order valence-corrected chi connectivity index (χ2v) is 6.80. The third-order valence-electron chi connectivity index (χ3n) is 4.43. The third-order valence-corrected chi connectivity index (χ3v) is 4.43. The van der Waals surface area contributed by atoms with Gasteiger partial charge in [0.15, 0.2) is 11.5 Å². The van der Waals surface area contributed by atoms with Crippen LogP contribution < -0.4 is 14.8 Å². The quantitative estimate of drug-likeness (QED) is 0.661. The number of amides is 1. The highest BCUT2D eigenvalue weighted by Crippen LogP contribution is 2.31. The van der Waals surface area contributed by atoms with E-state index >= 15 is 0 Å². The molecular formula is C23H25NO3. The Morgan fingerprint density at radius 3 is 2.41 bits per heavy atom. The van der Waals surface area contributed by atoms with E-state index in [4.69, 9.17) is 9.47 Å². The highest BCUT2D eigenvalue weighted by Gasteiger charge is 2.16. The maximum atomic E-state index is 12.8. The van der Waals surface area contributed by atoms with E-state index in [-0.39, 0.29) is 18.1 Å². The van der Waals surface area contributed by atoms with E-state index in [9.17, 15) is 4.79 Å². The standard InChI is InChI=1S/C23H25NO3/c1-15(2)27-21-13-12-18(14-22(21)26-4)16(3)24-23(25)20-11-7-9-17-8-5-6-10-19(17)20/h5-16H,1-4H3,(H,24,25). The Morgan fingerprint density at radius 1 is 0.926 bits per heavy atom. The van der Waals surface area contributed by atoms with Crippen LogP contribution in [-0.2, 0) is 0 Å². The van der Waals surface area contributed by atoms with Gasteiger partial charge in [0.25, 0.3) is 5.91 Å². The van der Waals surface area contributed by atoms with Gasteiger partial charge >= 0.3 is 0 Å². The average Bonchev–Trinajstić information content (AvgIpc) is 2.67. The van der Waals surface area contributed by atoms with Gasteiger partial charge in [-0.25, -0.2) is 0 Å². The molecule has 0 aliphatic rings. The molecule has 0 saturated carbocycles. The van der Waals surface area contributed by atoms with E-state index in [2.05, 4.69) is 5.32 Å². The first-order valence-corrected chi connectivity index (χ1v) is 9.13. The van der Waals surface area contributed by atoms with Crippen LogP contribution in [-0.4, -0.2) is 19.1 Å². The van der Waals surface area contributed by atoms with Crippen LogP contribution >= 0.6 is 0 Å². The molecule has 0 aliphatic carbocycles. The molecule has 4 nitrogen and oxygen atoms in total. The lowest BCUT2D eigenvalue weighted by Gasteiger charge is -2.18. The molecule has 1 N–H and O–H groups in total. The Morgan fingerprint density at radius 2 is 1.67 bits per heavy atom. The average molecular weight is 363 g/mol. The van der Waals surface area contributed by atoms with Crippen molar-refractivity contribution in [2.75, 3.05) is 7.11 Å². The molecular weight excluding hydrogens is 338 g/mol. The van der Waals surface area contributed by atoms with Crippen LogP contribution in [0, 0.1) is 0 Å². The van der Waals surface area contributed by atoms with Gasteiger partial charge in [-0.1, -0.05) is 42.5 Å². The molecule has 0 spiro atoms. The number of methoxy groups -OCH3 is 1. The molecule has 0 radical (unpaired) electrons. The summed E-state index contributed by atoms with van der Waals surface area (Å²) in [6.07, 6.45) is 0.0632. The molecule has 1 atom stereocenters. The van der Waals surface area contributed by atoms with Crippen LogP contribution in [0.15, 0.2) is 60.7 Å². The van der Waals surface area contributed by atoms with Gasteiger partial charge in [0.2, 0.25) is 0 Å². The van der Waals surface area contributed by atoms with Gasteiger partial charge in [0.05, 0.1) is 19.3 Å². The van der Waals surface area contributed by atoms with E-state index in [1.807, 2.05) is 81.4 Å². The van der Waals surface area contributed by atoms with Crippen LogP contribution in [0.1, 0.15) is 42.7 Å². The molecule has 4 heteroatoms. The van der Waals surface area contributed by atoms with Crippen LogP contribution in [0.25, 0.3) is 10.8 Å². The summed E-state index contributed by atoms with van der Waals surface area (Å²) in [7, 11) is 1.62. The van der Waals surface area contributed by atoms with E-state index < -0.39 is 0 Å². The lowest BCUT2D eigenvalue weighted by Crippen LogP contribution is -2.26. The molecule has 0 saturated heterocycles. The van der Waals surface area contributed by atoms with Crippen LogP contribution in [0.5, 0.6) is 11.5 Å². The summed E-state index contributed by atoms with van der Waals surface area (Å²) < 4.78 is 11.2. The fourth-order valence-electron chi connectivity index (χ4n) is 3.09. The van der Waals surface area contributed by atoms with Crippen LogP contribution in [0.3, 0.4) is 0 Å². The minimum absolute atomic E-state index is 0.0632. The van der Waals surface area contributed by atoms with Crippen molar-refractivity contribution in [3.63, 3.8) is 0 Å². The van der Waals surface area contributed by atoms with Gasteiger partial charge < -0.3 is 14.8 Å². The zero-order chi connectivity index (χ0) is 19.4. The third kappa shape index (κ3) is 4.22. The molecule has 1 unspecified atom stereocenters. The molecule has 3 aromatic carbocycles. The first kappa shape index (κ1) is 18.8. The number of carbonyl (C=O) groups is 1. The molecule has 0 heterocycles. The fraction of sp³-hybridized carbons (Fsp3) is 0.261. The Bertz CT molecular complexity index is 944. The van der Waals surface area contributed by atoms with Gasteiger partial charge in [-0.2, -0.15) is 0 Å². The molecule has 3 aromatic rings. The van der Waals surface area contributed by atoms with E-state index in [1.165, 1.54) is 0 Å². The highest BCUT2D eigenvalue weighted by molar-refractivity contribution is 6.07. The lowest BCUT2D eigenvalue weighted by molar-refractivity contribution is 0.0941. The molecule has 27 heavy (non-hydrogen) atoms. The normalized spacial score (nSPS) is 12.0. The minimum atomic E-state index is -0.168. The summed E-state index contributed by atoms with van der Waals surface area (Å²) >= 11 is 0. The number of carbonyl (C=O) groups excluding carboxylic acids is 1. The first-order chi connectivity index (χ1) is 13.0. The van der Waals surface area contributed by atoms with Gasteiger partial charge in [0.1, 0.15) is 0 Å².